The number of rotatable bonds is 5. The maximum Gasteiger partial charge on any atom is 0.261 e. The van der Waals surface area contributed by atoms with E-state index in [1.54, 1.807) is 12.3 Å². The molecular weight excluding hydrogens is 398 g/mol. The van der Waals surface area contributed by atoms with Gasteiger partial charge in [-0.2, -0.15) is 0 Å². The van der Waals surface area contributed by atoms with E-state index >= 15 is 0 Å². The number of anilines is 2. The van der Waals surface area contributed by atoms with Crippen LogP contribution in [0, 0.1) is 11.6 Å². The molecule has 0 unspecified atom stereocenters. The average Bonchev–Trinajstić information content (AvgIpc) is 2.79. The molecule has 5 nitrogen and oxygen atoms in total. The van der Waals surface area contributed by atoms with Crippen molar-refractivity contribution in [2.45, 2.75) is 6.54 Å². The Morgan fingerprint density at radius 3 is 2.32 bits per heavy atom. The highest BCUT2D eigenvalue weighted by Crippen LogP contribution is 2.23. The van der Waals surface area contributed by atoms with Crippen molar-refractivity contribution < 1.29 is 13.6 Å². The fourth-order valence-corrected chi connectivity index (χ4v) is 3.60. The van der Waals surface area contributed by atoms with Gasteiger partial charge in [-0.05, 0) is 55.1 Å². The molecule has 0 saturated carbocycles. The number of pyridine rings is 1. The van der Waals surface area contributed by atoms with Crippen molar-refractivity contribution in [1.82, 2.24) is 9.88 Å². The molecule has 1 saturated heterocycles. The average molecular weight is 422 g/mol. The molecule has 1 aliphatic rings. The van der Waals surface area contributed by atoms with Gasteiger partial charge in [-0.15, -0.1) is 0 Å². The third-order valence-electron chi connectivity index (χ3n) is 5.46. The van der Waals surface area contributed by atoms with E-state index in [9.17, 15) is 13.6 Å². The summed E-state index contributed by atoms with van der Waals surface area (Å²) in [4.78, 5) is 23.7. The van der Waals surface area contributed by atoms with Crippen molar-refractivity contribution in [1.29, 1.82) is 0 Å². The van der Waals surface area contributed by atoms with E-state index in [1.807, 2.05) is 12.1 Å². The zero-order valence-electron chi connectivity index (χ0n) is 17.3. The van der Waals surface area contributed by atoms with Gasteiger partial charge in [0.2, 0.25) is 0 Å². The second-order valence-electron chi connectivity index (χ2n) is 7.66. The smallest absolute Gasteiger partial charge is 0.261 e. The quantitative estimate of drug-likeness (QED) is 0.624. The zero-order valence-corrected chi connectivity index (χ0v) is 17.3. The molecule has 31 heavy (non-hydrogen) atoms. The predicted octanol–water partition coefficient (Wildman–Crippen LogP) is 3.96. The molecular formula is C24H24F2N4O. The number of nitrogens with zero attached hydrogens (tertiary/aromatic N) is 4. The summed E-state index contributed by atoms with van der Waals surface area (Å²) in [5.74, 6) is -0.596. The van der Waals surface area contributed by atoms with E-state index < -0.39 is 17.5 Å². The van der Waals surface area contributed by atoms with Gasteiger partial charge in [0.1, 0.15) is 17.5 Å². The molecule has 1 amide bonds. The third-order valence-corrected chi connectivity index (χ3v) is 5.46. The van der Waals surface area contributed by atoms with Crippen LogP contribution < -0.4 is 9.80 Å². The zero-order chi connectivity index (χ0) is 21.8. The van der Waals surface area contributed by atoms with Gasteiger partial charge in [-0.1, -0.05) is 18.2 Å². The maximum atomic E-state index is 14.3. The SMILES string of the molecule is CN1CCN(c2ccc(CN(C(=O)c3ccccc3F)c3ccc(F)cc3)cn2)CC1. The van der Waals surface area contributed by atoms with Crippen LogP contribution in [0.3, 0.4) is 0 Å². The first kappa shape index (κ1) is 20.9. The molecule has 0 atom stereocenters. The molecule has 2 aromatic carbocycles. The Morgan fingerprint density at radius 2 is 1.68 bits per heavy atom. The first-order valence-corrected chi connectivity index (χ1v) is 10.2. The molecule has 160 valence electrons. The lowest BCUT2D eigenvalue weighted by Gasteiger charge is -2.33. The van der Waals surface area contributed by atoms with Crippen LogP contribution in [0.4, 0.5) is 20.3 Å². The molecule has 1 aromatic heterocycles. The van der Waals surface area contributed by atoms with Gasteiger partial charge in [0.15, 0.2) is 0 Å². The highest BCUT2D eigenvalue weighted by atomic mass is 19.1. The van der Waals surface area contributed by atoms with Crippen LogP contribution >= 0.6 is 0 Å². The number of amides is 1. The topological polar surface area (TPSA) is 39.7 Å². The minimum Gasteiger partial charge on any atom is -0.354 e. The molecule has 0 aliphatic carbocycles. The molecule has 7 heteroatoms. The van der Waals surface area contributed by atoms with Gasteiger partial charge in [0, 0.05) is 38.1 Å². The van der Waals surface area contributed by atoms with Crippen LogP contribution in [0.25, 0.3) is 0 Å². The molecule has 0 spiro atoms. The van der Waals surface area contributed by atoms with Crippen molar-refractivity contribution in [3.05, 3.63) is 89.6 Å². The summed E-state index contributed by atoms with van der Waals surface area (Å²) in [5, 5.41) is 0. The van der Waals surface area contributed by atoms with Crippen LogP contribution in [-0.4, -0.2) is 49.0 Å². The number of carbonyl (C=O) groups excluding carboxylic acids is 1. The lowest BCUT2D eigenvalue weighted by Crippen LogP contribution is -2.44. The number of hydrogen-bond acceptors (Lipinski definition) is 4. The summed E-state index contributed by atoms with van der Waals surface area (Å²) in [6, 6.07) is 15.3. The fraction of sp³-hybridized carbons (Fsp3) is 0.250. The summed E-state index contributed by atoms with van der Waals surface area (Å²) in [5.41, 5.74) is 1.25. The molecule has 1 fully saturated rings. The minimum absolute atomic E-state index is 0.0335. The Morgan fingerprint density at radius 1 is 0.968 bits per heavy atom. The van der Waals surface area contributed by atoms with Crippen LogP contribution in [0.15, 0.2) is 66.9 Å². The van der Waals surface area contributed by atoms with E-state index in [0.717, 1.165) is 37.6 Å². The Balaban J connectivity index is 1.58. The van der Waals surface area contributed by atoms with Gasteiger partial charge >= 0.3 is 0 Å². The van der Waals surface area contributed by atoms with Crippen molar-refractivity contribution in [2.75, 3.05) is 43.0 Å². The highest BCUT2D eigenvalue weighted by molar-refractivity contribution is 6.06. The Bertz CT molecular complexity index is 1030. The highest BCUT2D eigenvalue weighted by Gasteiger charge is 2.22. The van der Waals surface area contributed by atoms with Crippen molar-refractivity contribution >= 4 is 17.4 Å². The van der Waals surface area contributed by atoms with Crippen LogP contribution in [0.5, 0.6) is 0 Å². The summed E-state index contributed by atoms with van der Waals surface area (Å²) >= 11 is 0. The summed E-state index contributed by atoms with van der Waals surface area (Å²) in [7, 11) is 2.10. The van der Waals surface area contributed by atoms with E-state index in [4.69, 9.17) is 0 Å². The van der Waals surface area contributed by atoms with E-state index in [1.165, 1.54) is 47.4 Å². The van der Waals surface area contributed by atoms with Crippen molar-refractivity contribution in [3.8, 4) is 0 Å². The lowest BCUT2D eigenvalue weighted by molar-refractivity contribution is 0.0981. The normalized spacial score (nSPS) is 14.5. The predicted molar refractivity (Wildman–Crippen MR) is 117 cm³/mol. The van der Waals surface area contributed by atoms with Gasteiger partial charge < -0.3 is 14.7 Å². The molecule has 0 bridgehead atoms. The number of carbonyl (C=O) groups is 1. The fourth-order valence-electron chi connectivity index (χ4n) is 3.60. The first-order chi connectivity index (χ1) is 15.0. The molecule has 2 heterocycles. The Hall–Kier alpha value is -3.32. The molecule has 4 rings (SSSR count). The van der Waals surface area contributed by atoms with Crippen LogP contribution in [-0.2, 0) is 6.54 Å². The van der Waals surface area contributed by atoms with Gasteiger partial charge in [0.05, 0.1) is 12.1 Å². The standard InChI is InChI=1S/C24H24F2N4O/c1-28-12-14-29(15-13-28)23-11-6-18(16-27-23)17-30(20-9-7-19(25)8-10-20)24(31)21-4-2-3-5-22(21)26/h2-11,16H,12-15,17H2,1H3. The van der Waals surface area contributed by atoms with E-state index in [0.29, 0.717) is 5.69 Å². The number of likely N-dealkylation sites (N-methyl/N-ethyl adjacent to an activating group) is 1. The number of halogens is 2. The van der Waals surface area contributed by atoms with Crippen molar-refractivity contribution in [2.24, 2.45) is 0 Å². The third kappa shape index (κ3) is 4.88. The van der Waals surface area contributed by atoms with Gasteiger partial charge in [-0.3, -0.25) is 4.79 Å². The number of benzene rings is 2. The molecule has 3 aromatic rings. The molecule has 0 radical (unpaired) electrons. The van der Waals surface area contributed by atoms with Gasteiger partial charge in [0.25, 0.3) is 5.91 Å². The maximum absolute atomic E-state index is 14.3. The molecule has 1 aliphatic heterocycles. The monoisotopic (exact) mass is 422 g/mol. The largest absolute Gasteiger partial charge is 0.354 e. The summed E-state index contributed by atoms with van der Waals surface area (Å²) in [6.45, 7) is 3.99. The Labute approximate surface area is 180 Å². The number of piperazine rings is 1. The van der Waals surface area contributed by atoms with Gasteiger partial charge in [-0.25, -0.2) is 13.8 Å². The summed E-state index contributed by atoms with van der Waals surface area (Å²) < 4.78 is 27.7. The first-order valence-electron chi connectivity index (χ1n) is 10.2. The van der Waals surface area contributed by atoms with Crippen molar-refractivity contribution in [3.63, 3.8) is 0 Å². The number of hydrogen-bond donors (Lipinski definition) is 0. The van der Waals surface area contributed by atoms with Crippen LogP contribution in [0.1, 0.15) is 15.9 Å². The Kier molecular flexibility index (Phi) is 6.23. The second kappa shape index (κ2) is 9.22. The van der Waals surface area contributed by atoms with E-state index in [2.05, 4.69) is 21.8 Å². The molecule has 0 N–H and O–H groups in total. The van der Waals surface area contributed by atoms with Crippen LogP contribution in [0.2, 0.25) is 0 Å². The van der Waals surface area contributed by atoms with E-state index in [-0.39, 0.29) is 12.1 Å². The summed E-state index contributed by atoms with van der Waals surface area (Å²) in [6.07, 6.45) is 1.73. The lowest BCUT2D eigenvalue weighted by atomic mass is 10.1. The number of aromatic nitrogens is 1. The second-order valence-corrected chi connectivity index (χ2v) is 7.66. The minimum atomic E-state index is -0.594.